The van der Waals surface area contributed by atoms with Gasteiger partial charge in [-0.3, -0.25) is 4.90 Å². The van der Waals surface area contributed by atoms with Gasteiger partial charge >= 0.3 is 0 Å². The fourth-order valence-electron chi connectivity index (χ4n) is 3.53. The van der Waals surface area contributed by atoms with E-state index < -0.39 is 0 Å². The van der Waals surface area contributed by atoms with E-state index in [9.17, 15) is 0 Å². The molecule has 0 atom stereocenters. The lowest BCUT2D eigenvalue weighted by Gasteiger charge is -2.36. The minimum Gasteiger partial charge on any atom is -0.390 e. The molecule has 1 aromatic carbocycles. The van der Waals surface area contributed by atoms with Crippen LogP contribution < -0.4 is 5.73 Å². The van der Waals surface area contributed by atoms with E-state index in [1.165, 1.54) is 43.3 Å². The van der Waals surface area contributed by atoms with Gasteiger partial charge in [0, 0.05) is 32.1 Å². The van der Waals surface area contributed by atoms with Crippen LogP contribution in [0.2, 0.25) is 0 Å². The van der Waals surface area contributed by atoms with Crippen LogP contribution in [0.1, 0.15) is 25.1 Å². The molecule has 1 fully saturated rings. The van der Waals surface area contributed by atoms with Crippen molar-refractivity contribution in [3.63, 3.8) is 0 Å². The summed E-state index contributed by atoms with van der Waals surface area (Å²) in [7, 11) is 0. The van der Waals surface area contributed by atoms with Crippen LogP contribution in [-0.2, 0) is 13.0 Å². The zero-order valence-corrected chi connectivity index (χ0v) is 13.2. The standard InChI is InChI=1S/C17H22N6/c18-11-19-12-20-13-4-5-16-15(10-13)21-17-6-7-22(8-9-23(16)17)14-2-1-3-14/h4-5,10-12,14H,1-3,6-9H2,(H2,18,19,20). The zero-order valence-electron chi connectivity index (χ0n) is 13.2. The van der Waals surface area contributed by atoms with Crippen molar-refractivity contribution in [3.8, 4) is 0 Å². The Labute approximate surface area is 135 Å². The number of nitrogens with zero attached hydrogens (tertiary/aromatic N) is 5. The maximum atomic E-state index is 5.21. The Bertz CT molecular complexity index is 756. The van der Waals surface area contributed by atoms with Gasteiger partial charge in [-0.1, -0.05) is 6.42 Å². The molecule has 1 aliphatic heterocycles. The van der Waals surface area contributed by atoms with Crippen LogP contribution in [-0.4, -0.2) is 46.3 Å². The highest BCUT2D eigenvalue weighted by Gasteiger charge is 2.27. The second-order valence-electron chi connectivity index (χ2n) is 6.27. The van der Waals surface area contributed by atoms with Gasteiger partial charge in [0.2, 0.25) is 0 Å². The number of fused-ring (bicyclic) bond motifs is 3. The van der Waals surface area contributed by atoms with E-state index in [2.05, 4.69) is 25.5 Å². The van der Waals surface area contributed by atoms with Crippen molar-refractivity contribution in [3.05, 3.63) is 24.0 Å². The van der Waals surface area contributed by atoms with Crippen molar-refractivity contribution in [2.24, 2.45) is 15.7 Å². The Morgan fingerprint density at radius 3 is 2.91 bits per heavy atom. The topological polar surface area (TPSA) is 71.8 Å². The van der Waals surface area contributed by atoms with Gasteiger partial charge in [0.25, 0.3) is 0 Å². The quantitative estimate of drug-likeness (QED) is 0.697. The highest BCUT2D eigenvalue weighted by molar-refractivity contribution is 5.81. The molecule has 4 rings (SSSR count). The average molecular weight is 310 g/mol. The van der Waals surface area contributed by atoms with Gasteiger partial charge in [0.05, 0.1) is 23.1 Å². The molecule has 0 bridgehead atoms. The summed E-state index contributed by atoms with van der Waals surface area (Å²) in [5, 5.41) is 0. The maximum absolute atomic E-state index is 5.21. The molecule has 2 aromatic rings. The third-order valence-corrected chi connectivity index (χ3v) is 4.99. The smallest absolute Gasteiger partial charge is 0.117 e. The number of hydrogen-bond acceptors (Lipinski definition) is 3. The molecular formula is C17H22N6. The third-order valence-electron chi connectivity index (χ3n) is 4.99. The highest BCUT2D eigenvalue weighted by Crippen LogP contribution is 2.28. The summed E-state index contributed by atoms with van der Waals surface area (Å²) in [6, 6.07) is 6.95. The molecule has 120 valence electrons. The molecule has 2 aliphatic rings. The number of aromatic nitrogens is 2. The van der Waals surface area contributed by atoms with Gasteiger partial charge in [0.15, 0.2) is 0 Å². The molecule has 2 N–H and O–H groups in total. The van der Waals surface area contributed by atoms with E-state index >= 15 is 0 Å². The van der Waals surface area contributed by atoms with Crippen LogP contribution in [0.3, 0.4) is 0 Å². The summed E-state index contributed by atoms with van der Waals surface area (Å²) >= 11 is 0. The van der Waals surface area contributed by atoms with Gasteiger partial charge in [-0.2, -0.15) is 0 Å². The first kappa shape index (κ1) is 14.4. The van der Waals surface area contributed by atoms with Crippen LogP contribution in [0, 0.1) is 0 Å². The van der Waals surface area contributed by atoms with Crippen LogP contribution >= 0.6 is 0 Å². The maximum Gasteiger partial charge on any atom is 0.117 e. The van der Waals surface area contributed by atoms with Crippen molar-refractivity contribution in [2.75, 3.05) is 13.1 Å². The second kappa shape index (κ2) is 6.12. The van der Waals surface area contributed by atoms with Crippen molar-refractivity contribution >= 4 is 29.4 Å². The fourth-order valence-corrected chi connectivity index (χ4v) is 3.53. The molecule has 2 heterocycles. The summed E-state index contributed by atoms with van der Waals surface area (Å²) in [4.78, 5) is 15.5. The summed E-state index contributed by atoms with van der Waals surface area (Å²) in [5.74, 6) is 1.20. The molecular weight excluding hydrogens is 288 g/mol. The van der Waals surface area contributed by atoms with Crippen LogP contribution in [0.15, 0.2) is 28.2 Å². The van der Waals surface area contributed by atoms with Crippen molar-refractivity contribution in [1.29, 1.82) is 0 Å². The van der Waals surface area contributed by atoms with Gasteiger partial charge in [-0.05, 0) is 31.0 Å². The predicted molar refractivity (Wildman–Crippen MR) is 93.5 cm³/mol. The van der Waals surface area contributed by atoms with E-state index in [1.807, 2.05) is 12.1 Å². The molecule has 1 saturated carbocycles. The van der Waals surface area contributed by atoms with E-state index in [4.69, 9.17) is 10.7 Å². The number of imidazole rings is 1. The van der Waals surface area contributed by atoms with E-state index in [0.717, 1.165) is 43.3 Å². The molecule has 6 heteroatoms. The molecule has 0 saturated heterocycles. The lowest BCUT2D eigenvalue weighted by atomic mass is 9.91. The van der Waals surface area contributed by atoms with Crippen molar-refractivity contribution in [1.82, 2.24) is 14.5 Å². The lowest BCUT2D eigenvalue weighted by Crippen LogP contribution is -2.41. The number of aliphatic imine (C=N–C) groups is 2. The normalized spacial score (nSPS) is 20.2. The van der Waals surface area contributed by atoms with Crippen molar-refractivity contribution in [2.45, 2.75) is 38.3 Å². The number of nitrogens with two attached hydrogens (primary N) is 1. The van der Waals surface area contributed by atoms with E-state index in [0.29, 0.717) is 0 Å². The Kier molecular flexibility index (Phi) is 3.83. The first-order valence-electron chi connectivity index (χ1n) is 8.34. The Hall–Kier alpha value is -2.21. The highest BCUT2D eigenvalue weighted by atomic mass is 15.2. The Morgan fingerprint density at radius 1 is 1.22 bits per heavy atom. The fraction of sp³-hybridized carbons (Fsp3) is 0.471. The van der Waals surface area contributed by atoms with Gasteiger partial charge < -0.3 is 10.3 Å². The zero-order chi connectivity index (χ0) is 15.6. The van der Waals surface area contributed by atoms with Crippen molar-refractivity contribution < 1.29 is 0 Å². The Balaban J connectivity index is 1.59. The number of rotatable bonds is 3. The number of hydrogen-bond donors (Lipinski definition) is 1. The summed E-state index contributed by atoms with van der Waals surface area (Å²) < 4.78 is 2.37. The summed E-state index contributed by atoms with van der Waals surface area (Å²) in [5.41, 5.74) is 8.28. The minimum absolute atomic E-state index is 0.815. The summed E-state index contributed by atoms with van der Waals surface area (Å²) in [6.45, 7) is 3.29. The first-order chi connectivity index (χ1) is 11.3. The largest absolute Gasteiger partial charge is 0.390 e. The molecule has 23 heavy (non-hydrogen) atoms. The van der Waals surface area contributed by atoms with Crippen LogP contribution in [0.5, 0.6) is 0 Å². The lowest BCUT2D eigenvalue weighted by molar-refractivity contribution is 0.130. The third kappa shape index (κ3) is 2.74. The summed E-state index contributed by atoms with van der Waals surface area (Å²) in [6.07, 6.45) is 7.85. The van der Waals surface area contributed by atoms with Gasteiger partial charge in [0.1, 0.15) is 12.2 Å². The van der Waals surface area contributed by atoms with Crippen LogP contribution in [0.4, 0.5) is 5.69 Å². The molecule has 6 nitrogen and oxygen atoms in total. The monoisotopic (exact) mass is 310 g/mol. The average Bonchev–Trinajstić information content (AvgIpc) is 2.73. The van der Waals surface area contributed by atoms with Crippen LogP contribution in [0.25, 0.3) is 11.0 Å². The van der Waals surface area contributed by atoms with Gasteiger partial charge in [-0.15, -0.1) is 0 Å². The van der Waals surface area contributed by atoms with Gasteiger partial charge in [-0.25, -0.2) is 15.0 Å². The molecule has 0 spiro atoms. The first-order valence-corrected chi connectivity index (χ1v) is 8.34. The second-order valence-corrected chi connectivity index (χ2v) is 6.27. The molecule has 0 amide bonds. The Morgan fingerprint density at radius 2 is 2.13 bits per heavy atom. The predicted octanol–water partition coefficient (Wildman–Crippen LogP) is 2.09. The molecule has 0 unspecified atom stereocenters. The molecule has 1 aromatic heterocycles. The number of benzene rings is 1. The molecule has 1 aliphatic carbocycles. The SMILES string of the molecule is NC=NC=Nc1ccc2c(c1)nc1n2CCN(C2CCC2)CC1. The van der Waals surface area contributed by atoms with E-state index in [1.54, 1.807) is 0 Å². The molecule has 0 radical (unpaired) electrons. The van der Waals surface area contributed by atoms with E-state index in [-0.39, 0.29) is 0 Å². The minimum atomic E-state index is 0.815.